The van der Waals surface area contributed by atoms with Gasteiger partial charge in [-0.1, -0.05) is 0 Å². The molecule has 0 bridgehead atoms. The van der Waals surface area contributed by atoms with Crippen molar-refractivity contribution in [2.45, 2.75) is 38.6 Å². The van der Waals surface area contributed by atoms with Gasteiger partial charge in [0.2, 0.25) is 5.91 Å². The van der Waals surface area contributed by atoms with Crippen LogP contribution in [0.5, 0.6) is 0 Å². The Labute approximate surface area is 110 Å². The van der Waals surface area contributed by atoms with E-state index in [-0.39, 0.29) is 11.0 Å². The first-order valence-electron chi connectivity index (χ1n) is 6.48. The zero-order valence-electron chi connectivity index (χ0n) is 11.2. The third-order valence-electron chi connectivity index (χ3n) is 4.49. The number of carbonyl (C=O) groups excluding carboxylic acids is 1. The van der Waals surface area contributed by atoms with E-state index in [0.29, 0.717) is 12.3 Å². The van der Waals surface area contributed by atoms with E-state index in [1.807, 2.05) is 4.90 Å². The van der Waals surface area contributed by atoms with E-state index in [1.165, 1.54) is 12.8 Å². The minimum atomic E-state index is 0.103. The van der Waals surface area contributed by atoms with Gasteiger partial charge in [-0.05, 0) is 44.9 Å². The molecule has 0 N–H and O–H groups in total. The van der Waals surface area contributed by atoms with Crippen LogP contribution in [0.2, 0.25) is 0 Å². The van der Waals surface area contributed by atoms with Gasteiger partial charge in [-0.15, -0.1) is 0 Å². The Bertz CT molecular complexity index is 313. The molecule has 4 heteroatoms. The molecule has 0 aromatic heterocycles. The molecule has 3 nitrogen and oxygen atoms in total. The fraction of sp³-hybridized carbons (Fsp3) is 0.923. The Morgan fingerprint density at radius 3 is 2.41 bits per heavy atom. The van der Waals surface area contributed by atoms with Crippen LogP contribution in [-0.2, 0) is 4.79 Å². The van der Waals surface area contributed by atoms with Crippen LogP contribution in [-0.4, -0.2) is 53.7 Å². The van der Waals surface area contributed by atoms with Crippen LogP contribution >= 0.6 is 12.6 Å². The van der Waals surface area contributed by atoms with Gasteiger partial charge in [0.05, 0.1) is 0 Å². The van der Waals surface area contributed by atoms with Crippen molar-refractivity contribution < 1.29 is 4.79 Å². The maximum absolute atomic E-state index is 12.3. The first-order chi connectivity index (χ1) is 7.88. The third kappa shape index (κ3) is 2.79. The molecule has 1 amide bonds. The molecule has 0 radical (unpaired) electrons. The van der Waals surface area contributed by atoms with E-state index < -0.39 is 0 Å². The smallest absolute Gasteiger partial charge is 0.223 e. The van der Waals surface area contributed by atoms with Gasteiger partial charge < -0.3 is 4.90 Å². The summed E-state index contributed by atoms with van der Waals surface area (Å²) in [7, 11) is 2.14. The fourth-order valence-electron chi connectivity index (χ4n) is 2.45. The summed E-state index contributed by atoms with van der Waals surface area (Å²) in [5.74, 6) is 1.19. The lowest BCUT2D eigenvalue weighted by Crippen LogP contribution is -2.59. The lowest BCUT2D eigenvalue weighted by atomic mass is 9.98. The molecule has 0 aromatic carbocycles. The predicted octanol–water partition coefficient (Wildman–Crippen LogP) is 1.64. The molecular weight excluding hydrogens is 232 g/mol. The van der Waals surface area contributed by atoms with Gasteiger partial charge in [0.15, 0.2) is 0 Å². The Morgan fingerprint density at radius 2 is 1.94 bits per heavy atom. The van der Waals surface area contributed by atoms with Gasteiger partial charge >= 0.3 is 0 Å². The number of rotatable bonds is 3. The Balaban J connectivity index is 1.92. The number of hydrogen-bond acceptors (Lipinski definition) is 3. The highest BCUT2D eigenvalue weighted by atomic mass is 32.1. The molecule has 1 heterocycles. The van der Waals surface area contributed by atoms with E-state index in [1.54, 1.807) is 0 Å². The summed E-state index contributed by atoms with van der Waals surface area (Å²) in [6, 6.07) is 0. The molecule has 1 saturated carbocycles. The number of amides is 1. The van der Waals surface area contributed by atoms with Crippen molar-refractivity contribution in [1.29, 1.82) is 0 Å². The van der Waals surface area contributed by atoms with Gasteiger partial charge in [-0.2, -0.15) is 12.6 Å². The first-order valence-corrected chi connectivity index (χ1v) is 7.12. The maximum Gasteiger partial charge on any atom is 0.223 e. The largest absolute Gasteiger partial charge is 0.340 e. The van der Waals surface area contributed by atoms with Crippen LogP contribution in [0.25, 0.3) is 0 Å². The number of carbonyl (C=O) groups is 1. The van der Waals surface area contributed by atoms with E-state index in [9.17, 15) is 4.79 Å². The molecule has 1 saturated heterocycles. The SMILES string of the molecule is CN1CCN(C(=O)CC2(CS)CC2)CC1(C)C. The Hall–Kier alpha value is -0.220. The highest BCUT2D eigenvalue weighted by Gasteiger charge is 2.44. The van der Waals surface area contributed by atoms with E-state index >= 15 is 0 Å². The van der Waals surface area contributed by atoms with E-state index in [0.717, 1.165) is 25.4 Å². The Kier molecular flexibility index (Phi) is 3.47. The normalized spacial score (nSPS) is 26.9. The first kappa shape index (κ1) is 13.2. The average molecular weight is 256 g/mol. The Morgan fingerprint density at radius 1 is 1.29 bits per heavy atom. The highest BCUT2D eigenvalue weighted by Crippen LogP contribution is 2.49. The summed E-state index contributed by atoms with van der Waals surface area (Å²) in [6.07, 6.45) is 3.06. The molecule has 0 spiro atoms. The van der Waals surface area contributed by atoms with Crippen LogP contribution in [0, 0.1) is 5.41 Å². The van der Waals surface area contributed by atoms with Crippen LogP contribution in [0.3, 0.4) is 0 Å². The molecule has 98 valence electrons. The summed E-state index contributed by atoms with van der Waals surface area (Å²) in [5, 5.41) is 0. The summed E-state index contributed by atoms with van der Waals surface area (Å²) in [4.78, 5) is 16.7. The zero-order valence-corrected chi connectivity index (χ0v) is 12.1. The molecule has 1 aliphatic carbocycles. The van der Waals surface area contributed by atoms with Crippen molar-refractivity contribution in [3.05, 3.63) is 0 Å². The standard InChI is InChI=1S/C13H24N2OS/c1-12(2)9-15(7-6-14(12)3)11(16)8-13(10-17)4-5-13/h17H,4-10H2,1-3H3. The van der Waals surface area contributed by atoms with E-state index in [4.69, 9.17) is 0 Å². The third-order valence-corrected chi connectivity index (χ3v) is 5.16. The number of likely N-dealkylation sites (N-methyl/N-ethyl adjacent to an activating group) is 1. The van der Waals surface area contributed by atoms with Crippen molar-refractivity contribution >= 4 is 18.5 Å². The van der Waals surface area contributed by atoms with Crippen LogP contribution < -0.4 is 0 Å². The molecule has 0 unspecified atom stereocenters. The average Bonchev–Trinajstić information content (AvgIpc) is 3.02. The number of thiol groups is 1. The van der Waals surface area contributed by atoms with Crippen LogP contribution in [0.4, 0.5) is 0 Å². The van der Waals surface area contributed by atoms with Crippen molar-refractivity contribution in [2.75, 3.05) is 32.4 Å². The molecule has 17 heavy (non-hydrogen) atoms. The number of piperazine rings is 1. The number of hydrogen-bond donors (Lipinski definition) is 1. The van der Waals surface area contributed by atoms with Gasteiger partial charge in [0.25, 0.3) is 0 Å². The molecule has 0 aromatic rings. The highest BCUT2D eigenvalue weighted by molar-refractivity contribution is 7.80. The van der Waals surface area contributed by atoms with Gasteiger partial charge in [-0.3, -0.25) is 9.69 Å². The summed E-state index contributed by atoms with van der Waals surface area (Å²) >= 11 is 4.37. The molecule has 2 fully saturated rings. The summed E-state index contributed by atoms with van der Waals surface area (Å²) < 4.78 is 0. The second kappa shape index (κ2) is 4.47. The van der Waals surface area contributed by atoms with Gasteiger partial charge in [-0.25, -0.2) is 0 Å². The quantitative estimate of drug-likeness (QED) is 0.776. The van der Waals surface area contributed by atoms with Crippen molar-refractivity contribution in [2.24, 2.45) is 5.41 Å². The lowest BCUT2D eigenvalue weighted by Gasteiger charge is -2.45. The van der Waals surface area contributed by atoms with Gasteiger partial charge in [0, 0.05) is 31.6 Å². The molecule has 0 atom stereocenters. The summed E-state index contributed by atoms with van der Waals surface area (Å²) in [6.45, 7) is 7.12. The van der Waals surface area contributed by atoms with Crippen molar-refractivity contribution in [3.63, 3.8) is 0 Å². The fourth-order valence-corrected chi connectivity index (χ4v) is 2.88. The maximum atomic E-state index is 12.3. The predicted molar refractivity (Wildman–Crippen MR) is 73.4 cm³/mol. The molecule has 2 rings (SSSR count). The topological polar surface area (TPSA) is 23.6 Å². The number of nitrogens with zero attached hydrogens (tertiary/aromatic N) is 2. The molecule has 2 aliphatic rings. The van der Waals surface area contributed by atoms with Crippen LogP contribution in [0.15, 0.2) is 0 Å². The van der Waals surface area contributed by atoms with Crippen molar-refractivity contribution in [3.8, 4) is 0 Å². The molecule has 1 aliphatic heterocycles. The van der Waals surface area contributed by atoms with Gasteiger partial charge in [0.1, 0.15) is 0 Å². The minimum Gasteiger partial charge on any atom is -0.340 e. The van der Waals surface area contributed by atoms with E-state index in [2.05, 4.69) is 38.4 Å². The second-order valence-corrected chi connectivity index (χ2v) is 6.70. The van der Waals surface area contributed by atoms with Crippen LogP contribution in [0.1, 0.15) is 33.1 Å². The zero-order chi connectivity index (χ0) is 12.7. The summed E-state index contributed by atoms with van der Waals surface area (Å²) in [5.41, 5.74) is 0.347. The minimum absolute atomic E-state index is 0.103. The monoisotopic (exact) mass is 256 g/mol. The second-order valence-electron chi connectivity index (χ2n) is 6.38. The lowest BCUT2D eigenvalue weighted by molar-refractivity contribution is -0.136. The molecular formula is C13H24N2OS. The van der Waals surface area contributed by atoms with Crippen molar-refractivity contribution in [1.82, 2.24) is 9.80 Å².